The fraction of sp³-hybridized carbons (Fsp3) is 0.611. The van der Waals surface area contributed by atoms with Gasteiger partial charge in [0.05, 0.1) is 5.92 Å². The maximum atomic E-state index is 12.7. The normalized spacial score (nSPS) is 21.0. The Morgan fingerprint density at radius 2 is 1.67 bits per heavy atom. The van der Waals surface area contributed by atoms with Crippen LogP contribution in [0.5, 0.6) is 0 Å². The van der Waals surface area contributed by atoms with Crippen molar-refractivity contribution in [1.82, 2.24) is 9.80 Å². The smallest absolute Gasteiger partial charge is 0.227 e. The number of hydrogen-bond donors (Lipinski definition) is 1. The molecule has 1 aromatic carbocycles. The van der Waals surface area contributed by atoms with Crippen molar-refractivity contribution in [2.45, 2.75) is 38.3 Å². The van der Waals surface area contributed by atoms with Gasteiger partial charge < -0.3 is 10.6 Å². The molecule has 0 radical (unpaired) electrons. The molecule has 2 unspecified atom stereocenters. The van der Waals surface area contributed by atoms with Crippen LogP contribution >= 0.6 is 24.8 Å². The molecule has 0 aromatic heterocycles. The van der Waals surface area contributed by atoms with Crippen LogP contribution in [0.15, 0.2) is 30.3 Å². The molecular weight excluding hydrogens is 345 g/mol. The third kappa shape index (κ3) is 4.63. The Bertz CT molecular complexity index is 502. The number of rotatable bonds is 4. The highest BCUT2D eigenvalue weighted by Crippen LogP contribution is 2.26. The van der Waals surface area contributed by atoms with Gasteiger partial charge in [0.25, 0.3) is 0 Å². The predicted molar refractivity (Wildman–Crippen MR) is 103 cm³/mol. The largest absolute Gasteiger partial charge is 0.340 e. The molecule has 1 amide bonds. The Morgan fingerprint density at radius 1 is 1.08 bits per heavy atom. The summed E-state index contributed by atoms with van der Waals surface area (Å²) in [5, 5.41) is 0. The van der Waals surface area contributed by atoms with Gasteiger partial charge in [-0.1, -0.05) is 43.7 Å². The number of piperazine rings is 1. The first kappa shape index (κ1) is 21.2. The van der Waals surface area contributed by atoms with Crippen LogP contribution in [0, 0.1) is 5.92 Å². The van der Waals surface area contributed by atoms with Crippen molar-refractivity contribution >= 4 is 30.7 Å². The summed E-state index contributed by atoms with van der Waals surface area (Å²) in [5.74, 6) is 0.0299. The first-order valence-electron chi connectivity index (χ1n) is 8.50. The minimum Gasteiger partial charge on any atom is -0.340 e. The monoisotopic (exact) mass is 373 g/mol. The van der Waals surface area contributed by atoms with Gasteiger partial charge in [0.1, 0.15) is 0 Å². The zero-order chi connectivity index (χ0) is 15.5. The van der Waals surface area contributed by atoms with E-state index in [0.717, 1.165) is 37.8 Å². The summed E-state index contributed by atoms with van der Waals surface area (Å²) in [6, 6.07) is 10.5. The van der Waals surface area contributed by atoms with Gasteiger partial charge in [-0.05, 0) is 18.4 Å². The molecule has 0 bridgehead atoms. The van der Waals surface area contributed by atoms with Crippen LogP contribution in [0.2, 0.25) is 0 Å². The molecule has 1 aliphatic carbocycles. The molecule has 1 saturated heterocycles. The maximum Gasteiger partial charge on any atom is 0.227 e. The number of halogens is 2. The average molecular weight is 374 g/mol. The van der Waals surface area contributed by atoms with E-state index in [-0.39, 0.29) is 42.7 Å². The number of hydrogen-bond acceptors (Lipinski definition) is 3. The minimum absolute atomic E-state index is 0. The molecular formula is C18H29Cl2N3O. The lowest BCUT2D eigenvalue weighted by atomic mass is 9.90. The number of amides is 1. The van der Waals surface area contributed by atoms with Crippen LogP contribution in [0.25, 0.3) is 0 Å². The first-order valence-corrected chi connectivity index (χ1v) is 8.50. The summed E-state index contributed by atoms with van der Waals surface area (Å²) < 4.78 is 0. The minimum atomic E-state index is -0.224. The van der Waals surface area contributed by atoms with Gasteiger partial charge in [-0.3, -0.25) is 9.69 Å². The third-order valence-corrected chi connectivity index (χ3v) is 5.33. The molecule has 1 aliphatic heterocycles. The molecule has 4 nitrogen and oxygen atoms in total. The lowest BCUT2D eigenvalue weighted by molar-refractivity contribution is -0.138. The summed E-state index contributed by atoms with van der Waals surface area (Å²) >= 11 is 0. The number of benzene rings is 1. The van der Waals surface area contributed by atoms with Gasteiger partial charge >= 0.3 is 0 Å². The molecule has 2 fully saturated rings. The third-order valence-electron chi connectivity index (χ3n) is 5.33. The van der Waals surface area contributed by atoms with Crippen LogP contribution in [0.1, 0.15) is 37.8 Å². The Morgan fingerprint density at radius 3 is 2.17 bits per heavy atom. The Balaban J connectivity index is 0.00000144. The molecule has 3 rings (SSSR count). The summed E-state index contributed by atoms with van der Waals surface area (Å²) in [7, 11) is 0. The zero-order valence-electron chi connectivity index (χ0n) is 14.3. The van der Waals surface area contributed by atoms with Crippen molar-refractivity contribution in [2.75, 3.05) is 26.2 Å². The number of nitrogens with two attached hydrogens (primary N) is 1. The van der Waals surface area contributed by atoms with E-state index in [1.54, 1.807) is 0 Å². The van der Waals surface area contributed by atoms with E-state index in [1.807, 2.05) is 42.2 Å². The molecule has 1 heterocycles. The Kier molecular flexibility index (Phi) is 8.51. The lowest BCUT2D eigenvalue weighted by Gasteiger charge is -2.43. The molecule has 2 aliphatic rings. The number of carbonyl (C=O) groups excluding carboxylic acids is 1. The summed E-state index contributed by atoms with van der Waals surface area (Å²) in [4.78, 5) is 17.3. The van der Waals surface area contributed by atoms with Crippen molar-refractivity contribution in [2.24, 2.45) is 11.7 Å². The van der Waals surface area contributed by atoms with E-state index in [4.69, 9.17) is 5.73 Å². The van der Waals surface area contributed by atoms with Gasteiger partial charge in [-0.15, -0.1) is 24.8 Å². The molecule has 1 saturated carbocycles. The zero-order valence-corrected chi connectivity index (χ0v) is 15.9. The lowest BCUT2D eigenvalue weighted by Crippen LogP contribution is -2.54. The SMILES string of the molecule is CC(C(=O)N1CCN(C2CCC2)CC1)C(N)c1ccccc1.Cl.Cl. The van der Waals surface area contributed by atoms with Crippen LogP contribution in [0.4, 0.5) is 0 Å². The summed E-state index contributed by atoms with van der Waals surface area (Å²) in [6.07, 6.45) is 4.04. The van der Waals surface area contributed by atoms with Crippen molar-refractivity contribution < 1.29 is 4.79 Å². The van der Waals surface area contributed by atoms with Gasteiger partial charge in [-0.2, -0.15) is 0 Å². The van der Waals surface area contributed by atoms with Gasteiger partial charge in [0.15, 0.2) is 0 Å². The number of nitrogens with zero attached hydrogens (tertiary/aromatic N) is 2. The molecule has 6 heteroatoms. The number of carbonyl (C=O) groups is 1. The fourth-order valence-corrected chi connectivity index (χ4v) is 3.46. The van der Waals surface area contributed by atoms with Crippen molar-refractivity contribution in [1.29, 1.82) is 0 Å². The standard InChI is InChI=1S/C18H27N3O.2ClH/c1-14(17(19)15-6-3-2-4-7-15)18(22)21-12-10-20(11-13-21)16-8-5-9-16;;/h2-4,6-7,14,16-17H,5,8-13,19H2,1H3;2*1H. The average Bonchev–Trinajstić information content (AvgIpc) is 2.53. The molecule has 0 spiro atoms. The van der Waals surface area contributed by atoms with E-state index in [1.165, 1.54) is 19.3 Å². The molecule has 2 N–H and O–H groups in total. The van der Waals surface area contributed by atoms with E-state index in [0.29, 0.717) is 0 Å². The van der Waals surface area contributed by atoms with Crippen LogP contribution in [0.3, 0.4) is 0 Å². The molecule has 24 heavy (non-hydrogen) atoms. The summed E-state index contributed by atoms with van der Waals surface area (Å²) in [6.45, 7) is 5.69. The highest BCUT2D eigenvalue weighted by atomic mass is 35.5. The predicted octanol–water partition coefficient (Wildman–Crippen LogP) is 2.86. The first-order chi connectivity index (χ1) is 10.7. The quantitative estimate of drug-likeness (QED) is 0.882. The van der Waals surface area contributed by atoms with Gasteiger partial charge in [0, 0.05) is 38.3 Å². The highest BCUT2D eigenvalue weighted by Gasteiger charge is 2.32. The Labute approximate surface area is 157 Å². The molecule has 2 atom stereocenters. The fourth-order valence-electron chi connectivity index (χ4n) is 3.46. The van der Waals surface area contributed by atoms with E-state index >= 15 is 0 Å². The van der Waals surface area contributed by atoms with Gasteiger partial charge in [-0.25, -0.2) is 0 Å². The van der Waals surface area contributed by atoms with E-state index in [9.17, 15) is 4.79 Å². The second kappa shape index (κ2) is 9.62. The van der Waals surface area contributed by atoms with Crippen LogP contribution in [-0.2, 0) is 4.79 Å². The van der Waals surface area contributed by atoms with Crippen LogP contribution < -0.4 is 5.73 Å². The summed E-state index contributed by atoms with van der Waals surface area (Å²) in [5.41, 5.74) is 7.33. The second-order valence-corrected chi connectivity index (χ2v) is 6.67. The molecule has 136 valence electrons. The van der Waals surface area contributed by atoms with Crippen LogP contribution in [-0.4, -0.2) is 47.9 Å². The Hall–Kier alpha value is -0.810. The van der Waals surface area contributed by atoms with Gasteiger partial charge in [0.2, 0.25) is 5.91 Å². The highest BCUT2D eigenvalue weighted by molar-refractivity contribution is 5.85. The maximum absolute atomic E-state index is 12.7. The van der Waals surface area contributed by atoms with Crippen molar-refractivity contribution in [3.8, 4) is 0 Å². The topological polar surface area (TPSA) is 49.6 Å². The van der Waals surface area contributed by atoms with Crippen molar-refractivity contribution in [3.05, 3.63) is 35.9 Å². The van der Waals surface area contributed by atoms with E-state index < -0.39 is 0 Å². The molecule has 1 aromatic rings. The van der Waals surface area contributed by atoms with E-state index in [2.05, 4.69) is 4.90 Å². The van der Waals surface area contributed by atoms with Crippen molar-refractivity contribution in [3.63, 3.8) is 0 Å². The second-order valence-electron chi connectivity index (χ2n) is 6.67.